The van der Waals surface area contributed by atoms with Crippen LogP contribution in [-0.4, -0.2) is 6.61 Å². The Morgan fingerprint density at radius 2 is 1.93 bits per heavy atom. The highest BCUT2D eigenvalue weighted by atomic mass is 35.5. The fourth-order valence-electron chi connectivity index (χ4n) is 1.20. The normalized spacial score (nSPS) is 21.0. The molecule has 1 atom stereocenters. The maximum Gasteiger partial charge on any atom is 0.416 e. The molecular formula is C9H6ClF3O. The number of hydrogen-bond acceptors (Lipinski definition) is 1. The zero-order chi connectivity index (χ0) is 10.3. The third-order valence-electron chi connectivity index (χ3n) is 1.95. The summed E-state index contributed by atoms with van der Waals surface area (Å²) < 4.78 is 41.9. The second-order valence-corrected chi connectivity index (χ2v) is 3.53. The molecular weight excluding hydrogens is 217 g/mol. The molecule has 0 N–H and O–H groups in total. The van der Waals surface area contributed by atoms with Gasteiger partial charge in [-0.05, 0) is 23.8 Å². The van der Waals surface area contributed by atoms with Crippen molar-refractivity contribution in [2.45, 2.75) is 12.3 Å². The summed E-state index contributed by atoms with van der Waals surface area (Å²) >= 11 is 5.57. The van der Waals surface area contributed by atoms with E-state index in [0.717, 1.165) is 12.1 Å². The zero-order valence-corrected chi connectivity index (χ0v) is 7.69. The molecule has 1 aromatic rings. The molecule has 1 fully saturated rings. The number of rotatable bonds is 1. The molecule has 1 aliphatic heterocycles. The van der Waals surface area contributed by atoms with Gasteiger partial charge in [0, 0.05) is 5.02 Å². The van der Waals surface area contributed by atoms with Crippen LogP contribution in [0, 0.1) is 0 Å². The molecule has 0 aromatic heterocycles. The zero-order valence-electron chi connectivity index (χ0n) is 6.94. The molecule has 0 amide bonds. The molecule has 14 heavy (non-hydrogen) atoms. The monoisotopic (exact) mass is 222 g/mol. The molecule has 0 spiro atoms. The quantitative estimate of drug-likeness (QED) is 0.664. The van der Waals surface area contributed by atoms with Crippen molar-refractivity contribution in [3.05, 3.63) is 34.3 Å². The van der Waals surface area contributed by atoms with Gasteiger partial charge in [0.15, 0.2) is 0 Å². The first-order valence-corrected chi connectivity index (χ1v) is 4.34. The van der Waals surface area contributed by atoms with Crippen LogP contribution < -0.4 is 0 Å². The Balaban J connectivity index is 2.41. The minimum absolute atomic E-state index is 0.0883. The minimum Gasteiger partial charge on any atom is -0.368 e. The topological polar surface area (TPSA) is 12.5 Å². The highest BCUT2D eigenvalue weighted by molar-refractivity contribution is 6.30. The Bertz CT molecular complexity index is 358. The summed E-state index contributed by atoms with van der Waals surface area (Å²) in [5, 5.41) is 0.0883. The summed E-state index contributed by atoms with van der Waals surface area (Å²) in [4.78, 5) is 0. The van der Waals surface area contributed by atoms with E-state index in [9.17, 15) is 13.2 Å². The van der Waals surface area contributed by atoms with Gasteiger partial charge in [-0.3, -0.25) is 0 Å². The van der Waals surface area contributed by atoms with Gasteiger partial charge in [-0.15, -0.1) is 0 Å². The Morgan fingerprint density at radius 3 is 2.43 bits per heavy atom. The fourth-order valence-corrected chi connectivity index (χ4v) is 1.45. The Kier molecular flexibility index (Phi) is 2.20. The molecule has 76 valence electrons. The number of epoxide rings is 1. The summed E-state index contributed by atoms with van der Waals surface area (Å²) in [7, 11) is 0. The minimum atomic E-state index is -4.35. The van der Waals surface area contributed by atoms with E-state index >= 15 is 0 Å². The summed E-state index contributed by atoms with van der Waals surface area (Å²) in [6, 6.07) is 3.48. The number of hydrogen-bond donors (Lipinski definition) is 0. The van der Waals surface area contributed by atoms with Crippen LogP contribution in [-0.2, 0) is 10.9 Å². The van der Waals surface area contributed by atoms with Crippen LogP contribution in [0.1, 0.15) is 17.2 Å². The first kappa shape index (κ1) is 9.80. The first-order valence-electron chi connectivity index (χ1n) is 3.96. The number of alkyl halides is 3. The predicted octanol–water partition coefficient (Wildman–Crippen LogP) is 3.43. The molecule has 0 unspecified atom stereocenters. The second-order valence-electron chi connectivity index (χ2n) is 3.09. The molecule has 1 aromatic carbocycles. The highest BCUT2D eigenvalue weighted by Crippen LogP contribution is 2.37. The van der Waals surface area contributed by atoms with E-state index in [1.165, 1.54) is 6.07 Å². The first-order chi connectivity index (χ1) is 6.47. The molecule has 0 aliphatic carbocycles. The van der Waals surface area contributed by atoms with E-state index in [2.05, 4.69) is 0 Å². The van der Waals surface area contributed by atoms with Gasteiger partial charge in [0.05, 0.1) is 12.2 Å². The summed E-state index contributed by atoms with van der Waals surface area (Å²) in [5.41, 5.74) is -0.236. The molecule has 0 bridgehead atoms. The van der Waals surface area contributed by atoms with Crippen LogP contribution in [0.2, 0.25) is 5.02 Å². The maximum atomic E-state index is 12.3. The Labute approximate surface area is 83.4 Å². The van der Waals surface area contributed by atoms with Crippen molar-refractivity contribution in [3.8, 4) is 0 Å². The van der Waals surface area contributed by atoms with Gasteiger partial charge in [-0.2, -0.15) is 13.2 Å². The van der Waals surface area contributed by atoms with Crippen molar-refractivity contribution < 1.29 is 17.9 Å². The lowest BCUT2D eigenvalue weighted by Crippen LogP contribution is -2.05. The van der Waals surface area contributed by atoms with Crippen LogP contribution in [0.5, 0.6) is 0 Å². The number of ether oxygens (including phenoxy) is 1. The third-order valence-corrected chi connectivity index (χ3v) is 2.17. The SMILES string of the molecule is FC(F)(F)c1cc(Cl)cc([C@H]2CO2)c1. The predicted molar refractivity (Wildman–Crippen MR) is 45.1 cm³/mol. The van der Waals surface area contributed by atoms with Crippen LogP contribution in [0.3, 0.4) is 0 Å². The van der Waals surface area contributed by atoms with Crippen LogP contribution in [0.4, 0.5) is 13.2 Å². The van der Waals surface area contributed by atoms with Crippen molar-refractivity contribution in [1.82, 2.24) is 0 Å². The molecule has 1 saturated heterocycles. The van der Waals surface area contributed by atoms with Crippen LogP contribution in [0.15, 0.2) is 18.2 Å². The number of benzene rings is 1. The van der Waals surface area contributed by atoms with Crippen molar-refractivity contribution in [1.29, 1.82) is 0 Å². The standard InChI is InChI=1S/C9H6ClF3O/c10-7-2-5(8-4-14-8)1-6(3-7)9(11,12)13/h1-3,8H,4H2/t8-/m1/s1. The molecule has 2 rings (SSSR count). The fraction of sp³-hybridized carbons (Fsp3) is 0.333. The van der Waals surface area contributed by atoms with Gasteiger partial charge >= 0.3 is 6.18 Å². The summed E-state index contributed by atoms with van der Waals surface area (Å²) in [6.07, 6.45) is -4.57. The second kappa shape index (κ2) is 3.14. The molecule has 1 heterocycles. The van der Waals surface area contributed by atoms with Gasteiger partial charge < -0.3 is 4.74 Å². The summed E-state index contributed by atoms with van der Waals surface area (Å²) in [5.74, 6) is 0. The van der Waals surface area contributed by atoms with Gasteiger partial charge in [-0.1, -0.05) is 11.6 Å². The van der Waals surface area contributed by atoms with E-state index in [4.69, 9.17) is 16.3 Å². The lowest BCUT2D eigenvalue weighted by molar-refractivity contribution is -0.137. The van der Waals surface area contributed by atoms with Gasteiger partial charge in [-0.25, -0.2) is 0 Å². The lowest BCUT2D eigenvalue weighted by Gasteiger charge is -2.08. The van der Waals surface area contributed by atoms with Gasteiger partial charge in [0.25, 0.3) is 0 Å². The van der Waals surface area contributed by atoms with Crippen molar-refractivity contribution in [2.75, 3.05) is 6.61 Å². The molecule has 0 radical (unpaired) electrons. The Morgan fingerprint density at radius 1 is 1.29 bits per heavy atom. The largest absolute Gasteiger partial charge is 0.416 e. The van der Waals surface area contributed by atoms with Crippen molar-refractivity contribution >= 4 is 11.6 Å². The average Bonchev–Trinajstić information content (AvgIpc) is 2.83. The molecule has 1 aliphatic rings. The van der Waals surface area contributed by atoms with E-state index in [1.54, 1.807) is 0 Å². The van der Waals surface area contributed by atoms with Crippen molar-refractivity contribution in [2.24, 2.45) is 0 Å². The highest BCUT2D eigenvalue weighted by Gasteiger charge is 2.33. The van der Waals surface area contributed by atoms with E-state index < -0.39 is 11.7 Å². The Hall–Kier alpha value is -0.740. The smallest absolute Gasteiger partial charge is 0.368 e. The van der Waals surface area contributed by atoms with Gasteiger partial charge in [0.1, 0.15) is 6.10 Å². The lowest BCUT2D eigenvalue weighted by atomic mass is 10.1. The summed E-state index contributed by atoms with van der Waals surface area (Å²) in [6.45, 7) is 0.470. The molecule has 5 heteroatoms. The van der Waals surface area contributed by atoms with E-state index in [0.29, 0.717) is 12.2 Å². The van der Waals surface area contributed by atoms with Gasteiger partial charge in [0.2, 0.25) is 0 Å². The third kappa shape index (κ3) is 2.01. The van der Waals surface area contributed by atoms with Crippen molar-refractivity contribution in [3.63, 3.8) is 0 Å². The van der Waals surface area contributed by atoms with E-state index in [-0.39, 0.29) is 11.1 Å². The maximum absolute atomic E-state index is 12.3. The van der Waals surface area contributed by atoms with Crippen LogP contribution in [0.25, 0.3) is 0 Å². The molecule has 0 saturated carbocycles. The number of halogens is 4. The molecule has 1 nitrogen and oxygen atoms in total. The van der Waals surface area contributed by atoms with E-state index in [1.807, 2.05) is 0 Å². The van der Waals surface area contributed by atoms with Crippen LogP contribution >= 0.6 is 11.6 Å². The average molecular weight is 223 g/mol.